The van der Waals surface area contributed by atoms with Gasteiger partial charge in [-0.05, 0) is 30.2 Å². The molecule has 3 amide bonds. The first-order chi connectivity index (χ1) is 14.0. The number of rotatable bonds is 2. The van der Waals surface area contributed by atoms with Gasteiger partial charge in [0.25, 0.3) is 5.91 Å². The van der Waals surface area contributed by atoms with E-state index in [0.717, 1.165) is 10.5 Å². The van der Waals surface area contributed by atoms with Crippen LogP contribution in [0.2, 0.25) is 0 Å². The molecule has 7 nitrogen and oxygen atoms in total. The molecule has 29 heavy (non-hydrogen) atoms. The monoisotopic (exact) mass is 390 g/mol. The number of hydrogen-bond donors (Lipinski definition) is 1. The summed E-state index contributed by atoms with van der Waals surface area (Å²) in [5, 5.41) is 3.57. The summed E-state index contributed by atoms with van der Waals surface area (Å²) in [5.41, 5.74) is 0.947. The zero-order valence-corrected chi connectivity index (χ0v) is 15.7. The van der Waals surface area contributed by atoms with Gasteiger partial charge in [-0.3, -0.25) is 9.69 Å². The van der Waals surface area contributed by atoms with Gasteiger partial charge < -0.3 is 14.5 Å². The summed E-state index contributed by atoms with van der Waals surface area (Å²) in [6.45, 7) is 2.21. The number of para-hydroxylation sites is 1. The molecule has 1 N–H and O–H groups in total. The van der Waals surface area contributed by atoms with Crippen molar-refractivity contribution in [1.82, 2.24) is 10.2 Å². The maximum atomic E-state index is 13.4. The number of aryl methyl sites for hydroxylation is 1. The van der Waals surface area contributed by atoms with Crippen molar-refractivity contribution in [2.45, 2.75) is 25.4 Å². The van der Waals surface area contributed by atoms with Crippen molar-refractivity contribution in [2.75, 3.05) is 6.61 Å². The average molecular weight is 390 g/mol. The molecule has 3 aromatic rings. The molecule has 0 bridgehead atoms. The van der Waals surface area contributed by atoms with Crippen molar-refractivity contribution in [3.05, 3.63) is 75.6 Å². The predicted octanol–water partition coefficient (Wildman–Crippen LogP) is 2.83. The molecule has 2 aliphatic heterocycles. The molecule has 146 valence electrons. The van der Waals surface area contributed by atoms with E-state index in [0.29, 0.717) is 40.9 Å². The van der Waals surface area contributed by atoms with Crippen molar-refractivity contribution < 1.29 is 18.7 Å². The van der Waals surface area contributed by atoms with Crippen LogP contribution in [0.4, 0.5) is 4.79 Å². The van der Waals surface area contributed by atoms with E-state index in [1.807, 2.05) is 31.2 Å². The highest BCUT2D eigenvalue weighted by atomic mass is 16.5. The third kappa shape index (κ3) is 2.61. The first kappa shape index (κ1) is 17.5. The third-order valence-electron chi connectivity index (χ3n) is 5.57. The van der Waals surface area contributed by atoms with Gasteiger partial charge in [-0.1, -0.05) is 30.3 Å². The van der Waals surface area contributed by atoms with Gasteiger partial charge in [0, 0.05) is 23.4 Å². The van der Waals surface area contributed by atoms with Gasteiger partial charge in [0.15, 0.2) is 5.54 Å². The zero-order valence-electron chi connectivity index (χ0n) is 15.7. The van der Waals surface area contributed by atoms with Crippen LogP contribution < -0.4 is 15.7 Å². The lowest BCUT2D eigenvalue weighted by Gasteiger charge is -2.33. The van der Waals surface area contributed by atoms with E-state index < -0.39 is 17.2 Å². The van der Waals surface area contributed by atoms with Crippen LogP contribution in [-0.4, -0.2) is 23.4 Å². The number of nitrogens with one attached hydrogen (secondary N) is 1. The third-order valence-corrected chi connectivity index (χ3v) is 5.57. The largest absolute Gasteiger partial charge is 0.493 e. The molecule has 0 saturated carbocycles. The van der Waals surface area contributed by atoms with Crippen LogP contribution in [0.1, 0.15) is 23.1 Å². The molecule has 2 aliphatic rings. The van der Waals surface area contributed by atoms with Crippen molar-refractivity contribution in [3.63, 3.8) is 0 Å². The fourth-order valence-corrected chi connectivity index (χ4v) is 4.15. The summed E-state index contributed by atoms with van der Waals surface area (Å²) >= 11 is 0. The van der Waals surface area contributed by atoms with Gasteiger partial charge in [0.2, 0.25) is 0 Å². The molecule has 0 unspecified atom stereocenters. The number of urea groups is 1. The highest BCUT2D eigenvalue weighted by molar-refractivity contribution is 6.08. The average Bonchev–Trinajstić information content (AvgIpc) is 2.92. The van der Waals surface area contributed by atoms with Crippen LogP contribution in [0.5, 0.6) is 5.75 Å². The molecule has 1 aromatic heterocycles. The molecule has 2 aromatic carbocycles. The predicted molar refractivity (Wildman–Crippen MR) is 105 cm³/mol. The summed E-state index contributed by atoms with van der Waals surface area (Å²) in [6, 6.07) is 13.6. The number of imide groups is 1. The molecule has 1 saturated heterocycles. The fraction of sp³-hybridized carbons (Fsp3) is 0.227. The maximum absolute atomic E-state index is 13.4. The van der Waals surface area contributed by atoms with Crippen LogP contribution in [0.15, 0.2) is 57.7 Å². The number of nitrogens with zero attached hydrogens (tertiary/aromatic N) is 1. The Labute approximate surface area is 165 Å². The lowest BCUT2D eigenvalue weighted by Crippen LogP contribution is -2.47. The lowest BCUT2D eigenvalue weighted by molar-refractivity contribution is -0.133. The summed E-state index contributed by atoms with van der Waals surface area (Å²) < 4.78 is 10.9. The molecule has 5 rings (SSSR count). The van der Waals surface area contributed by atoms with Crippen molar-refractivity contribution in [3.8, 4) is 5.75 Å². The second-order valence-corrected chi connectivity index (χ2v) is 7.41. The van der Waals surface area contributed by atoms with Crippen LogP contribution in [-0.2, 0) is 16.9 Å². The minimum Gasteiger partial charge on any atom is -0.493 e. The fourth-order valence-electron chi connectivity index (χ4n) is 4.15. The zero-order chi connectivity index (χ0) is 20.2. The second-order valence-electron chi connectivity index (χ2n) is 7.41. The van der Waals surface area contributed by atoms with E-state index in [1.54, 1.807) is 18.2 Å². The van der Waals surface area contributed by atoms with Crippen LogP contribution >= 0.6 is 0 Å². The van der Waals surface area contributed by atoms with Crippen LogP contribution in [0.3, 0.4) is 0 Å². The van der Waals surface area contributed by atoms with Gasteiger partial charge in [-0.15, -0.1) is 0 Å². The maximum Gasteiger partial charge on any atom is 0.336 e. The molecular formula is C22H18N2O5. The topological polar surface area (TPSA) is 88.9 Å². The number of amides is 3. The molecule has 1 fully saturated rings. The van der Waals surface area contributed by atoms with Crippen LogP contribution in [0, 0.1) is 6.92 Å². The summed E-state index contributed by atoms with van der Waals surface area (Å²) in [7, 11) is 0. The molecular weight excluding hydrogens is 372 g/mol. The van der Waals surface area contributed by atoms with Gasteiger partial charge in [-0.25, -0.2) is 9.59 Å². The Morgan fingerprint density at radius 3 is 2.79 bits per heavy atom. The highest BCUT2D eigenvalue weighted by Crippen LogP contribution is 2.41. The number of carbonyl (C=O) groups excluding carboxylic acids is 2. The van der Waals surface area contributed by atoms with Crippen molar-refractivity contribution in [2.24, 2.45) is 0 Å². The van der Waals surface area contributed by atoms with Gasteiger partial charge in [-0.2, -0.15) is 0 Å². The molecule has 1 spiro atoms. The Balaban J connectivity index is 1.56. The number of benzene rings is 2. The van der Waals surface area contributed by atoms with Gasteiger partial charge in [0.1, 0.15) is 11.3 Å². The summed E-state index contributed by atoms with van der Waals surface area (Å²) in [6.07, 6.45) is 0.349. The highest BCUT2D eigenvalue weighted by Gasteiger charge is 2.54. The molecule has 0 aliphatic carbocycles. The Morgan fingerprint density at radius 1 is 1.10 bits per heavy atom. The van der Waals surface area contributed by atoms with E-state index in [2.05, 4.69) is 5.32 Å². The Kier molecular flexibility index (Phi) is 3.74. The minimum atomic E-state index is -1.14. The SMILES string of the molecule is Cc1ccc2c(CN3C(=O)N[C@@]4(CCOc5ccccc54)C3=O)cc(=O)oc2c1. The summed E-state index contributed by atoms with van der Waals surface area (Å²) in [4.78, 5) is 39.4. The number of fused-ring (bicyclic) bond motifs is 3. The van der Waals surface area contributed by atoms with E-state index in [4.69, 9.17) is 9.15 Å². The van der Waals surface area contributed by atoms with Crippen molar-refractivity contribution >= 4 is 22.9 Å². The molecule has 0 radical (unpaired) electrons. The first-order valence-corrected chi connectivity index (χ1v) is 9.38. The number of carbonyl (C=O) groups is 2. The molecule has 7 heteroatoms. The van der Waals surface area contributed by atoms with Crippen molar-refractivity contribution in [1.29, 1.82) is 0 Å². The Bertz CT molecular complexity index is 1230. The minimum absolute atomic E-state index is 0.0133. The molecule has 1 atom stereocenters. The number of ether oxygens (including phenoxy) is 1. The second kappa shape index (κ2) is 6.20. The molecule has 3 heterocycles. The van der Waals surface area contributed by atoms with Gasteiger partial charge >= 0.3 is 11.7 Å². The Morgan fingerprint density at radius 2 is 1.93 bits per heavy atom. The van der Waals surface area contributed by atoms with Crippen LogP contribution in [0.25, 0.3) is 11.0 Å². The Hall–Kier alpha value is -3.61. The first-order valence-electron chi connectivity index (χ1n) is 9.38. The van der Waals surface area contributed by atoms with E-state index in [1.165, 1.54) is 6.07 Å². The standard InChI is InChI=1S/C22H18N2O5/c1-13-6-7-15-14(11-19(25)29-18(15)10-13)12-24-20(26)22(23-21(24)27)8-9-28-17-5-3-2-4-16(17)22/h2-7,10-11H,8-9,12H2,1H3,(H,23,27)/t22-/m1/s1. The van der Waals surface area contributed by atoms with Gasteiger partial charge in [0.05, 0.1) is 13.2 Å². The number of hydrogen-bond acceptors (Lipinski definition) is 5. The normalized spacial score (nSPS) is 20.7. The smallest absolute Gasteiger partial charge is 0.336 e. The van der Waals surface area contributed by atoms with E-state index >= 15 is 0 Å². The lowest BCUT2D eigenvalue weighted by atomic mass is 9.84. The van der Waals surface area contributed by atoms with E-state index in [-0.39, 0.29) is 12.5 Å². The van der Waals surface area contributed by atoms with E-state index in [9.17, 15) is 14.4 Å². The summed E-state index contributed by atoms with van der Waals surface area (Å²) in [5.74, 6) is 0.252. The quantitative estimate of drug-likeness (QED) is 0.537.